The Kier molecular flexibility index (Phi) is 10.6. The van der Waals surface area contributed by atoms with E-state index in [2.05, 4.69) is 18.2 Å². The molecule has 0 saturated heterocycles. The molecule has 17 heavy (non-hydrogen) atoms. The van der Waals surface area contributed by atoms with Gasteiger partial charge in [0.25, 0.3) is 6.29 Å². The first-order valence-electron chi connectivity index (χ1n) is 5.57. The number of carboxylic acid groups (broad SMARTS) is 1. The van der Waals surface area contributed by atoms with Gasteiger partial charge in [-0.15, -0.1) is 6.58 Å². The van der Waals surface area contributed by atoms with Gasteiger partial charge in [-0.2, -0.15) is 4.89 Å². The fourth-order valence-corrected chi connectivity index (χ4v) is 0.976. The first-order valence-corrected chi connectivity index (χ1v) is 5.57. The van der Waals surface area contributed by atoms with Crippen molar-refractivity contribution >= 4 is 6.16 Å². The molecule has 0 aliphatic rings. The predicted molar refractivity (Wildman–Crippen MR) is 60.5 cm³/mol. The molecule has 0 radical (unpaired) electrons. The van der Waals surface area contributed by atoms with Gasteiger partial charge < -0.3 is 14.6 Å². The first kappa shape index (κ1) is 15.9. The van der Waals surface area contributed by atoms with Crippen LogP contribution < -0.4 is 0 Å². The standard InChI is InChI=1S/C11H20O6/c1-3-5-6-8-15-17-10(16-11(12)13)9-14-7-4-2/h4,10H,2-3,5-9H2,1H3,(H,12,13). The van der Waals surface area contributed by atoms with Crippen molar-refractivity contribution in [3.63, 3.8) is 0 Å². The number of rotatable bonds is 11. The molecule has 0 aromatic heterocycles. The third kappa shape index (κ3) is 11.2. The monoisotopic (exact) mass is 248 g/mol. The lowest BCUT2D eigenvalue weighted by Gasteiger charge is -2.14. The van der Waals surface area contributed by atoms with Crippen LogP contribution >= 0.6 is 0 Å². The number of ether oxygens (including phenoxy) is 2. The topological polar surface area (TPSA) is 74.2 Å². The van der Waals surface area contributed by atoms with Crippen LogP contribution in [-0.2, 0) is 19.2 Å². The van der Waals surface area contributed by atoms with Crippen molar-refractivity contribution in [3.05, 3.63) is 12.7 Å². The van der Waals surface area contributed by atoms with Crippen LogP contribution in [0.3, 0.4) is 0 Å². The average Bonchev–Trinajstić information content (AvgIpc) is 2.28. The molecule has 0 saturated carbocycles. The highest BCUT2D eigenvalue weighted by atomic mass is 17.2. The molecular formula is C11H20O6. The van der Waals surface area contributed by atoms with E-state index in [0.29, 0.717) is 13.2 Å². The van der Waals surface area contributed by atoms with Gasteiger partial charge in [-0.1, -0.05) is 25.8 Å². The van der Waals surface area contributed by atoms with Gasteiger partial charge in [-0.25, -0.2) is 9.68 Å². The first-order chi connectivity index (χ1) is 8.20. The maximum Gasteiger partial charge on any atom is 0.508 e. The lowest BCUT2D eigenvalue weighted by molar-refractivity contribution is -0.375. The maximum atomic E-state index is 10.3. The molecule has 6 nitrogen and oxygen atoms in total. The van der Waals surface area contributed by atoms with Crippen LogP contribution in [-0.4, -0.2) is 37.4 Å². The lowest BCUT2D eigenvalue weighted by Crippen LogP contribution is -2.26. The molecule has 1 unspecified atom stereocenters. The van der Waals surface area contributed by atoms with E-state index in [0.717, 1.165) is 19.3 Å². The van der Waals surface area contributed by atoms with Gasteiger partial charge in [0.15, 0.2) is 0 Å². The number of unbranched alkanes of at least 4 members (excludes halogenated alkanes) is 2. The Morgan fingerprint density at radius 2 is 2.24 bits per heavy atom. The van der Waals surface area contributed by atoms with E-state index in [-0.39, 0.29) is 6.61 Å². The number of hydrogen-bond acceptors (Lipinski definition) is 5. The Labute approximate surface area is 101 Å². The summed E-state index contributed by atoms with van der Waals surface area (Å²) in [7, 11) is 0. The number of carbonyl (C=O) groups is 1. The van der Waals surface area contributed by atoms with Crippen molar-refractivity contribution in [1.29, 1.82) is 0 Å². The Morgan fingerprint density at radius 3 is 2.82 bits per heavy atom. The molecule has 0 spiro atoms. The molecule has 0 bridgehead atoms. The van der Waals surface area contributed by atoms with Crippen molar-refractivity contribution in [1.82, 2.24) is 0 Å². The number of hydrogen-bond donors (Lipinski definition) is 1. The molecular weight excluding hydrogens is 228 g/mol. The van der Waals surface area contributed by atoms with Crippen LogP contribution in [0.15, 0.2) is 12.7 Å². The van der Waals surface area contributed by atoms with E-state index >= 15 is 0 Å². The normalized spacial score (nSPS) is 12.1. The van der Waals surface area contributed by atoms with Gasteiger partial charge >= 0.3 is 6.16 Å². The van der Waals surface area contributed by atoms with Crippen LogP contribution in [0.2, 0.25) is 0 Å². The summed E-state index contributed by atoms with van der Waals surface area (Å²) < 4.78 is 9.43. The summed E-state index contributed by atoms with van der Waals surface area (Å²) in [5, 5.41) is 8.45. The highest BCUT2D eigenvalue weighted by Crippen LogP contribution is 2.01. The summed E-state index contributed by atoms with van der Waals surface area (Å²) in [5.41, 5.74) is 0. The second-order valence-corrected chi connectivity index (χ2v) is 3.26. The van der Waals surface area contributed by atoms with E-state index in [1.807, 2.05) is 0 Å². The minimum Gasteiger partial charge on any atom is -0.450 e. The van der Waals surface area contributed by atoms with Gasteiger partial charge in [0.2, 0.25) is 0 Å². The van der Waals surface area contributed by atoms with E-state index in [1.54, 1.807) is 6.08 Å². The molecule has 1 N–H and O–H groups in total. The molecule has 0 aliphatic heterocycles. The predicted octanol–water partition coefficient (Wildman–Crippen LogP) is 2.35. The maximum absolute atomic E-state index is 10.3. The highest BCUT2D eigenvalue weighted by molar-refractivity contribution is 5.56. The van der Waals surface area contributed by atoms with E-state index in [9.17, 15) is 4.79 Å². The highest BCUT2D eigenvalue weighted by Gasteiger charge is 2.15. The van der Waals surface area contributed by atoms with E-state index in [1.165, 1.54) is 0 Å². The zero-order valence-electron chi connectivity index (χ0n) is 10.1. The summed E-state index contributed by atoms with van der Waals surface area (Å²) in [5.74, 6) is 0. The molecule has 0 heterocycles. The molecule has 100 valence electrons. The largest absolute Gasteiger partial charge is 0.508 e. The molecule has 0 aromatic rings. The van der Waals surface area contributed by atoms with Gasteiger partial charge in [-0.05, 0) is 6.42 Å². The van der Waals surface area contributed by atoms with Gasteiger partial charge in [0.1, 0.15) is 6.61 Å². The van der Waals surface area contributed by atoms with Gasteiger partial charge in [0, 0.05) is 0 Å². The molecule has 0 aliphatic carbocycles. The minimum atomic E-state index is -1.44. The van der Waals surface area contributed by atoms with E-state index in [4.69, 9.17) is 19.6 Å². The van der Waals surface area contributed by atoms with Crippen LogP contribution in [0.1, 0.15) is 26.2 Å². The van der Waals surface area contributed by atoms with Crippen molar-refractivity contribution in [3.8, 4) is 0 Å². The fourth-order valence-electron chi connectivity index (χ4n) is 0.976. The SMILES string of the molecule is C=CCOCC(OOCCCCC)OC(=O)O. The summed E-state index contributed by atoms with van der Waals surface area (Å²) in [6.07, 6.45) is 1.98. The van der Waals surface area contributed by atoms with Crippen LogP contribution in [0, 0.1) is 0 Å². The lowest BCUT2D eigenvalue weighted by atomic mass is 10.3. The Hall–Kier alpha value is -1.11. The van der Waals surface area contributed by atoms with Crippen molar-refractivity contribution in [2.45, 2.75) is 32.5 Å². The fraction of sp³-hybridized carbons (Fsp3) is 0.727. The van der Waals surface area contributed by atoms with Crippen molar-refractivity contribution in [2.24, 2.45) is 0 Å². The summed E-state index contributed by atoms with van der Waals surface area (Å²) in [6.45, 7) is 6.18. The Balaban J connectivity index is 3.68. The minimum absolute atomic E-state index is 0.0356. The molecule has 1 atom stereocenters. The van der Waals surface area contributed by atoms with Crippen LogP contribution in [0.5, 0.6) is 0 Å². The third-order valence-corrected chi connectivity index (χ3v) is 1.73. The molecule has 6 heteroatoms. The quantitative estimate of drug-likeness (QED) is 0.151. The van der Waals surface area contributed by atoms with Crippen molar-refractivity contribution in [2.75, 3.05) is 19.8 Å². The van der Waals surface area contributed by atoms with Gasteiger partial charge in [0.05, 0.1) is 13.2 Å². The zero-order chi connectivity index (χ0) is 12.9. The molecule has 0 aromatic carbocycles. The van der Waals surface area contributed by atoms with Gasteiger partial charge in [-0.3, -0.25) is 0 Å². The summed E-state index contributed by atoms with van der Waals surface area (Å²) >= 11 is 0. The second kappa shape index (κ2) is 11.4. The zero-order valence-corrected chi connectivity index (χ0v) is 10.1. The molecule has 0 rings (SSSR count). The van der Waals surface area contributed by atoms with Crippen LogP contribution in [0.25, 0.3) is 0 Å². The summed E-state index contributed by atoms with van der Waals surface area (Å²) in [6, 6.07) is 0. The smallest absolute Gasteiger partial charge is 0.450 e. The average molecular weight is 248 g/mol. The Bertz CT molecular complexity index is 206. The molecule has 0 amide bonds. The summed E-state index contributed by atoms with van der Waals surface area (Å²) in [4.78, 5) is 20.0. The third-order valence-electron chi connectivity index (χ3n) is 1.73. The van der Waals surface area contributed by atoms with Crippen LogP contribution in [0.4, 0.5) is 4.79 Å². The van der Waals surface area contributed by atoms with Crippen molar-refractivity contribution < 1.29 is 29.1 Å². The Morgan fingerprint density at radius 1 is 1.47 bits per heavy atom. The second-order valence-electron chi connectivity index (χ2n) is 3.26. The molecule has 0 fully saturated rings. The van der Waals surface area contributed by atoms with E-state index < -0.39 is 12.4 Å².